The van der Waals surface area contributed by atoms with Crippen LogP contribution in [0.1, 0.15) is 37.8 Å². The number of nitrogens with one attached hydrogen (secondary N) is 2. The van der Waals surface area contributed by atoms with Crippen LogP contribution in [0.15, 0.2) is 77.7 Å². The molecule has 168 valence electrons. The van der Waals surface area contributed by atoms with Crippen LogP contribution in [0.25, 0.3) is 0 Å². The lowest BCUT2D eigenvalue weighted by atomic mass is 10.0. The summed E-state index contributed by atoms with van der Waals surface area (Å²) in [4.78, 5) is 12.7. The van der Waals surface area contributed by atoms with Gasteiger partial charge in [-0.3, -0.25) is 9.52 Å². The third-order valence-corrected chi connectivity index (χ3v) is 6.31. The molecule has 0 bridgehead atoms. The van der Waals surface area contributed by atoms with Crippen LogP contribution in [0, 0.1) is 6.92 Å². The lowest BCUT2D eigenvalue weighted by molar-refractivity contribution is -0.122. The fourth-order valence-corrected chi connectivity index (χ4v) is 4.24. The number of amides is 1. The van der Waals surface area contributed by atoms with E-state index in [4.69, 9.17) is 4.74 Å². The molecule has 0 spiro atoms. The minimum Gasteiger partial charge on any atom is -0.481 e. The van der Waals surface area contributed by atoms with Gasteiger partial charge in [0.25, 0.3) is 15.9 Å². The van der Waals surface area contributed by atoms with Crippen molar-refractivity contribution < 1.29 is 17.9 Å². The van der Waals surface area contributed by atoms with Crippen LogP contribution in [0.3, 0.4) is 0 Å². The lowest BCUT2D eigenvalue weighted by Crippen LogP contribution is -2.30. The van der Waals surface area contributed by atoms with E-state index in [9.17, 15) is 13.2 Å². The molecule has 7 heteroatoms. The van der Waals surface area contributed by atoms with Gasteiger partial charge in [-0.05, 0) is 73.4 Å². The molecule has 0 aliphatic rings. The molecule has 3 rings (SSSR count). The van der Waals surface area contributed by atoms with Crippen molar-refractivity contribution in [2.24, 2.45) is 0 Å². The Kier molecular flexibility index (Phi) is 7.20. The minimum absolute atomic E-state index is 0.104. The number of benzene rings is 3. The summed E-state index contributed by atoms with van der Waals surface area (Å²) < 4.78 is 33.7. The van der Waals surface area contributed by atoms with Crippen LogP contribution >= 0.6 is 0 Å². The van der Waals surface area contributed by atoms with E-state index >= 15 is 0 Å². The van der Waals surface area contributed by atoms with Crippen molar-refractivity contribution >= 4 is 27.3 Å². The predicted octanol–water partition coefficient (Wildman–Crippen LogP) is 5.33. The first kappa shape index (κ1) is 23.3. The van der Waals surface area contributed by atoms with Crippen molar-refractivity contribution in [2.45, 2.75) is 44.6 Å². The second-order valence-corrected chi connectivity index (χ2v) is 9.62. The number of anilines is 2. The first-order valence-electron chi connectivity index (χ1n) is 10.4. The molecule has 0 aliphatic carbocycles. The Morgan fingerprint density at radius 3 is 2.22 bits per heavy atom. The van der Waals surface area contributed by atoms with Gasteiger partial charge in [0.1, 0.15) is 5.75 Å². The van der Waals surface area contributed by atoms with Gasteiger partial charge in [0.05, 0.1) is 4.90 Å². The summed E-state index contributed by atoms with van der Waals surface area (Å²) in [5, 5.41) is 2.77. The summed E-state index contributed by atoms with van der Waals surface area (Å²) in [6.45, 7) is 7.70. The Bertz CT molecular complexity index is 1190. The first-order valence-corrected chi connectivity index (χ1v) is 11.9. The maximum atomic E-state index is 12.6. The number of rotatable bonds is 8. The smallest absolute Gasteiger partial charge is 0.265 e. The highest BCUT2D eigenvalue weighted by molar-refractivity contribution is 7.92. The monoisotopic (exact) mass is 452 g/mol. The van der Waals surface area contributed by atoms with Gasteiger partial charge in [0.15, 0.2) is 6.10 Å². The lowest BCUT2D eigenvalue weighted by Gasteiger charge is -2.18. The average molecular weight is 453 g/mol. The third-order valence-electron chi connectivity index (χ3n) is 4.92. The van der Waals surface area contributed by atoms with Gasteiger partial charge in [-0.25, -0.2) is 8.42 Å². The number of ether oxygens (including phenoxy) is 1. The average Bonchev–Trinajstić information content (AvgIpc) is 2.74. The zero-order valence-electron chi connectivity index (χ0n) is 18.6. The zero-order chi connectivity index (χ0) is 23.3. The molecule has 0 saturated carbocycles. The van der Waals surface area contributed by atoms with E-state index < -0.39 is 16.1 Å². The molecule has 3 aromatic rings. The van der Waals surface area contributed by atoms with E-state index in [-0.39, 0.29) is 16.7 Å². The van der Waals surface area contributed by atoms with Gasteiger partial charge in [0, 0.05) is 11.4 Å². The van der Waals surface area contributed by atoms with Crippen molar-refractivity contribution in [3.05, 3.63) is 83.9 Å². The largest absolute Gasteiger partial charge is 0.481 e. The number of aryl methyl sites for hydroxylation is 1. The number of hydrogen-bond acceptors (Lipinski definition) is 4. The molecule has 3 aromatic carbocycles. The Morgan fingerprint density at radius 2 is 1.56 bits per heavy atom. The molecular formula is C25H28N2O4S. The summed E-state index contributed by atoms with van der Waals surface area (Å²) in [6.07, 6.45) is -0.721. The van der Waals surface area contributed by atoms with Crippen molar-refractivity contribution in [1.82, 2.24) is 0 Å². The molecule has 2 N–H and O–H groups in total. The van der Waals surface area contributed by atoms with Crippen molar-refractivity contribution in [1.29, 1.82) is 0 Å². The van der Waals surface area contributed by atoms with Crippen molar-refractivity contribution in [3.8, 4) is 5.75 Å². The number of carbonyl (C=O) groups is 1. The predicted molar refractivity (Wildman–Crippen MR) is 128 cm³/mol. The third kappa shape index (κ3) is 5.88. The molecule has 0 aliphatic heterocycles. The molecule has 0 heterocycles. The molecule has 0 saturated heterocycles. The molecular weight excluding hydrogens is 424 g/mol. The SMILES string of the molecule is Cc1cccc(NS(=O)(=O)c2ccc(NC(=O)[C@@H](C)Oc3ccccc3C(C)C)cc2)c1. The normalized spacial score (nSPS) is 12.3. The topological polar surface area (TPSA) is 84.5 Å². The van der Waals surface area contributed by atoms with Gasteiger partial charge in [-0.2, -0.15) is 0 Å². The molecule has 0 unspecified atom stereocenters. The number of para-hydroxylation sites is 1. The Hall–Kier alpha value is -3.32. The summed E-state index contributed by atoms with van der Waals surface area (Å²) in [5.74, 6) is 0.621. The fourth-order valence-electron chi connectivity index (χ4n) is 3.19. The number of carbonyl (C=O) groups excluding carboxylic acids is 1. The van der Waals surface area contributed by atoms with Gasteiger partial charge in [-0.15, -0.1) is 0 Å². The minimum atomic E-state index is -3.73. The van der Waals surface area contributed by atoms with E-state index in [1.165, 1.54) is 12.1 Å². The fraction of sp³-hybridized carbons (Fsp3) is 0.240. The second kappa shape index (κ2) is 9.87. The molecule has 32 heavy (non-hydrogen) atoms. The van der Waals surface area contributed by atoms with Crippen LogP contribution in [-0.4, -0.2) is 20.4 Å². The zero-order valence-corrected chi connectivity index (χ0v) is 19.4. The van der Waals surface area contributed by atoms with E-state index in [0.29, 0.717) is 17.1 Å². The summed E-state index contributed by atoms with van der Waals surface area (Å²) >= 11 is 0. The highest BCUT2D eigenvalue weighted by Crippen LogP contribution is 2.27. The van der Waals surface area contributed by atoms with Gasteiger partial charge >= 0.3 is 0 Å². The molecule has 6 nitrogen and oxygen atoms in total. The summed E-state index contributed by atoms with van der Waals surface area (Å²) in [6, 6.07) is 20.8. The maximum Gasteiger partial charge on any atom is 0.265 e. The van der Waals surface area contributed by atoms with Crippen LogP contribution in [0.4, 0.5) is 11.4 Å². The standard InChI is InChI=1S/C25H28N2O4S/c1-17(2)23-10-5-6-11-24(23)31-19(4)25(28)26-20-12-14-22(15-13-20)32(29,30)27-21-9-7-8-18(3)16-21/h5-17,19,27H,1-4H3,(H,26,28)/t19-/m1/s1. The van der Waals surface area contributed by atoms with E-state index in [1.807, 2.05) is 37.3 Å². The Morgan fingerprint density at radius 1 is 0.875 bits per heavy atom. The van der Waals surface area contributed by atoms with Crippen LogP contribution in [-0.2, 0) is 14.8 Å². The number of sulfonamides is 1. The van der Waals surface area contributed by atoms with Gasteiger partial charge in [0.2, 0.25) is 0 Å². The first-order chi connectivity index (χ1) is 15.2. The van der Waals surface area contributed by atoms with E-state index in [2.05, 4.69) is 23.9 Å². The second-order valence-electron chi connectivity index (χ2n) is 7.94. The van der Waals surface area contributed by atoms with Gasteiger partial charge < -0.3 is 10.1 Å². The molecule has 1 atom stereocenters. The quantitative estimate of drug-likeness (QED) is 0.484. The van der Waals surface area contributed by atoms with Crippen LogP contribution < -0.4 is 14.8 Å². The van der Waals surface area contributed by atoms with Crippen molar-refractivity contribution in [2.75, 3.05) is 10.0 Å². The molecule has 0 aromatic heterocycles. The number of hydrogen-bond donors (Lipinski definition) is 2. The highest BCUT2D eigenvalue weighted by Gasteiger charge is 2.18. The van der Waals surface area contributed by atoms with Crippen molar-refractivity contribution in [3.63, 3.8) is 0 Å². The summed E-state index contributed by atoms with van der Waals surface area (Å²) in [5.41, 5.74) is 2.96. The van der Waals surface area contributed by atoms with Crippen LogP contribution in [0.5, 0.6) is 5.75 Å². The Labute approximate surface area is 189 Å². The van der Waals surface area contributed by atoms with E-state index in [0.717, 1.165) is 11.1 Å². The molecule has 0 fully saturated rings. The van der Waals surface area contributed by atoms with Crippen LogP contribution in [0.2, 0.25) is 0 Å². The van der Waals surface area contributed by atoms with Gasteiger partial charge in [-0.1, -0.05) is 44.2 Å². The summed E-state index contributed by atoms with van der Waals surface area (Å²) in [7, 11) is -3.73. The molecule has 1 amide bonds. The molecule has 0 radical (unpaired) electrons. The Balaban J connectivity index is 1.65. The van der Waals surface area contributed by atoms with E-state index in [1.54, 1.807) is 37.3 Å². The maximum absolute atomic E-state index is 12.6. The highest BCUT2D eigenvalue weighted by atomic mass is 32.2.